The summed E-state index contributed by atoms with van der Waals surface area (Å²) in [6.07, 6.45) is 0.854. The summed E-state index contributed by atoms with van der Waals surface area (Å²) >= 11 is 0. The van der Waals surface area contributed by atoms with Gasteiger partial charge < -0.3 is 5.32 Å². The standard InChI is InChI=1S/C19H21N3O/c1-4-16(20-3)18-21-17-11-6-5-10-15(17)19(23)22(18)14-9-7-8-13(2)12-14/h5-12,16,20H,4H2,1-3H3. The molecule has 0 aliphatic heterocycles. The van der Waals surface area contributed by atoms with E-state index in [0.29, 0.717) is 5.39 Å². The molecule has 3 aromatic rings. The van der Waals surface area contributed by atoms with E-state index in [-0.39, 0.29) is 11.6 Å². The van der Waals surface area contributed by atoms with Crippen molar-refractivity contribution >= 4 is 10.9 Å². The number of benzene rings is 2. The monoisotopic (exact) mass is 307 g/mol. The average Bonchev–Trinajstić information content (AvgIpc) is 2.56. The lowest BCUT2D eigenvalue weighted by Gasteiger charge is -2.20. The van der Waals surface area contributed by atoms with Crippen LogP contribution in [-0.2, 0) is 0 Å². The first-order chi connectivity index (χ1) is 11.2. The first kappa shape index (κ1) is 15.4. The summed E-state index contributed by atoms with van der Waals surface area (Å²) in [6, 6.07) is 15.5. The molecule has 4 nitrogen and oxygen atoms in total. The molecule has 2 aromatic carbocycles. The van der Waals surface area contributed by atoms with Gasteiger partial charge in [-0.1, -0.05) is 31.2 Å². The van der Waals surface area contributed by atoms with Crippen LogP contribution in [-0.4, -0.2) is 16.6 Å². The molecule has 1 aromatic heterocycles. The van der Waals surface area contributed by atoms with Crippen molar-refractivity contribution in [3.05, 3.63) is 70.3 Å². The zero-order valence-corrected chi connectivity index (χ0v) is 13.7. The van der Waals surface area contributed by atoms with Crippen molar-refractivity contribution in [2.75, 3.05) is 7.05 Å². The van der Waals surface area contributed by atoms with Crippen LogP contribution in [0.15, 0.2) is 53.3 Å². The molecule has 0 saturated carbocycles. The van der Waals surface area contributed by atoms with E-state index in [4.69, 9.17) is 4.98 Å². The lowest BCUT2D eigenvalue weighted by atomic mass is 10.1. The molecule has 0 saturated heterocycles. The third-order valence-electron chi connectivity index (χ3n) is 4.13. The Balaban J connectivity index is 2.39. The Labute approximate surface area is 135 Å². The first-order valence-electron chi connectivity index (χ1n) is 7.91. The molecule has 0 aliphatic carbocycles. The Morgan fingerprint density at radius 1 is 1.17 bits per heavy atom. The number of nitrogens with one attached hydrogen (secondary N) is 1. The van der Waals surface area contributed by atoms with Crippen molar-refractivity contribution in [1.82, 2.24) is 14.9 Å². The molecule has 0 amide bonds. The molecule has 1 atom stereocenters. The van der Waals surface area contributed by atoms with E-state index < -0.39 is 0 Å². The number of hydrogen-bond acceptors (Lipinski definition) is 3. The van der Waals surface area contributed by atoms with Crippen LogP contribution in [0.1, 0.15) is 30.8 Å². The third-order valence-corrected chi connectivity index (χ3v) is 4.13. The lowest BCUT2D eigenvalue weighted by molar-refractivity contribution is 0.529. The number of rotatable bonds is 4. The molecule has 23 heavy (non-hydrogen) atoms. The van der Waals surface area contributed by atoms with Crippen molar-refractivity contribution in [1.29, 1.82) is 0 Å². The van der Waals surface area contributed by atoms with Crippen LogP contribution in [0.4, 0.5) is 0 Å². The minimum atomic E-state index is -0.0232. The van der Waals surface area contributed by atoms with Gasteiger partial charge in [0.1, 0.15) is 5.82 Å². The van der Waals surface area contributed by atoms with E-state index in [1.807, 2.05) is 62.5 Å². The van der Waals surface area contributed by atoms with E-state index >= 15 is 0 Å². The van der Waals surface area contributed by atoms with E-state index in [1.54, 1.807) is 4.57 Å². The number of fused-ring (bicyclic) bond motifs is 1. The van der Waals surface area contributed by atoms with E-state index in [9.17, 15) is 4.79 Å². The summed E-state index contributed by atoms with van der Waals surface area (Å²) in [5, 5.41) is 3.90. The van der Waals surface area contributed by atoms with Crippen LogP contribution in [0.5, 0.6) is 0 Å². The maximum Gasteiger partial charge on any atom is 0.266 e. The van der Waals surface area contributed by atoms with Crippen LogP contribution < -0.4 is 10.9 Å². The topological polar surface area (TPSA) is 46.9 Å². The predicted molar refractivity (Wildman–Crippen MR) is 94.2 cm³/mol. The van der Waals surface area contributed by atoms with Crippen molar-refractivity contribution in [3.63, 3.8) is 0 Å². The van der Waals surface area contributed by atoms with Gasteiger partial charge in [-0.15, -0.1) is 0 Å². The zero-order valence-electron chi connectivity index (χ0n) is 13.7. The highest BCUT2D eigenvalue weighted by Crippen LogP contribution is 2.20. The molecular formula is C19H21N3O. The molecule has 0 aliphatic rings. The van der Waals surface area contributed by atoms with Gasteiger partial charge in [-0.2, -0.15) is 0 Å². The molecule has 4 heteroatoms. The second-order valence-electron chi connectivity index (χ2n) is 5.72. The number of nitrogens with zero attached hydrogens (tertiary/aromatic N) is 2. The third kappa shape index (κ3) is 2.78. The molecule has 1 heterocycles. The van der Waals surface area contributed by atoms with E-state index in [0.717, 1.165) is 29.0 Å². The van der Waals surface area contributed by atoms with Crippen LogP contribution in [0, 0.1) is 6.92 Å². The van der Waals surface area contributed by atoms with Gasteiger partial charge in [0.05, 0.1) is 22.6 Å². The Hall–Kier alpha value is -2.46. The number of aromatic nitrogens is 2. The van der Waals surface area contributed by atoms with Crippen molar-refractivity contribution in [2.45, 2.75) is 26.3 Å². The molecule has 1 unspecified atom stereocenters. The number of hydrogen-bond donors (Lipinski definition) is 1. The molecule has 1 N–H and O–H groups in total. The molecule has 3 rings (SSSR count). The largest absolute Gasteiger partial charge is 0.310 e. The smallest absolute Gasteiger partial charge is 0.266 e. The van der Waals surface area contributed by atoms with Gasteiger partial charge in [-0.3, -0.25) is 9.36 Å². The second-order valence-corrected chi connectivity index (χ2v) is 5.72. The van der Waals surface area contributed by atoms with Crippen molar-refractivity contribution < 1.29 is 0 Å². The zero-order chi connectivity index (χ0) is 16.4. The average molecular weight is 307 g/mol. The molecule has 0 spiro atoms. The van der Waals surface area contributed by atoms with Gasteiger partial charge in [-0.05, 0) is 50.2 Å². The summed E-state index contributed by atoms with van der Waals surface area (Å²) < 4.78 is 1.74. The van der Waals surface area contributed by atoms with Gasteiger partial charge in [0.2, 0.25) is 0 Å². The highest BCUT2D eigenvalue weighted by atomic mass is 16.1. The van der Waals surface area contributed by atoms with Crippen LogP contribution in [0.2, 0.25) is 0 Å². The SMILES string of the molecule is CCC(NC)c1nc2ccccc2c(=O)n1-c1cccc(C)c1. The summed E-state index contributed by atoms with van der Waals surface area (Å²) in [5.74, 6) is 0.754. The Morgan fingerprint density at radius 3 is 2.65 bits per heavy atom. The van der Waals surface area contributed by atoms with Crippen LogP contribution in [0.25, 0.3) is 16.6 Å². The van der Waals surface area contributed by atoms with E-state index in [2.05, 4.69) is 12.2 Å². The van der Waals surface area contributed by atoms with E-state index in [1.165, 1.54) is 0 Å². The number of para-hydroxylation sites is 1. The summed E-state index contributed by atoms with van der Waals surface area (Å²) in [4.78, 5) is 17.9. The molecule has 118 valence electrons. The minimum absolute atomic E-state index is 0.0211. The molecular weight excluding hydrogens is 286 g/mol. The Morgan fingerprint density at radius 2 is 1.96 bits per heavy atom. The highest BCUT2D eigenvalue weighted by molar-refractivity contribution is 5.77. The normalized spacial score (nSPS) is 12.5. The van der Waals surface area contributed by atoms with Crippen LogP contribution >= 0.6 is 0 Å². The lowest BCUT2D eigenvalue weighted by Crippen LogP contribution is -2.29. The summed E-state index contributed by atoms with van der Waals surface area (Å²) in [7, 11) is 1.90. The van der Waals surface area contributed by atoms with Crippen molar-refractivity contribution in [3.8, 4) is 5.69 Å². The predicted octanol–water partition coefficient (Wildman–Crippen LogP) is 3.36. The van der Waals surface area contributed by atoms with Crippen LogP contribution in [0.3, 0.4) is 0 Å². The fourth-order valence-electron chi connectivity index (χ4n) is 2.92. The second kappa shape index (κ2) is 6.34. The van der Waals surface area contributed by atoms with Gasteiger partial charge in [0, 0.05) is 0 Å². The van der Waals surface area contributed by atoms with Crippen molar-refractivity contribution in [2.24, 2.45) is 0 Å². The Kier molecular flexibility index (Phi) is 4.26. The maximum absolute atomic E-state index is 13.1. The van der Waals surface area contributed by atoms with Gasteiger partial charge >= 0.3 is 0 Å². The highest BCUT2D eigenvalue weighted by Gasteiger charge is 2.18. The minimum Gasteiger partial charge on any atom is -0.310 e. The quantitative estimate of drug-likeness (QED) is 0.804. The van der Waals surface area contributed by atoms with Gasteiger partial charge in [0.15, 0.2) is 0 Å². The summed E-state index contributed by atoms with van der Waals surface area (Å²) in [5.41, 5.74) is 2.69. The summed E-state index contributed by atoms with van der Waals surface area (Å²) in [6.45, 7) is 4.11. The number of aryl methyl sites for hydroxylation is 1. The molecule has 0 bridgehead atoms. The molecule has 0 fully saturated rings. The molecule has 0 radical (unpaired) electrons. The fraction of sp³-hybridized carbons (Fsp3) is 0.263. The maximum atomic E-state index is 13.1. The van der Waals surface area contributed by atoms with Gasteiger partial charge in [-0.25, -0.2) is 4.98 Å². The van der Waals surface area contributed by atoms with Gasteiger partial charge in [0.25, 0.3) is 5.56 Å². The Bertz CT molecular complexity index is 895. The first-order valence-corrected chi connectivity index (χ1v) is 7.91. The fourth-order valence-corrected chi connectivity index (χ4v) is 2.92.